The van der Waals surface area contributed by atoms with E-state index in [0.29, 0.717) is 13.0 Å². The molecule has 6 nitrogen and oxygen atoms in total. The molecule has 1 aliphatic rings. The Balaban J connectivity index is 2.29. The van der Waals surface area contributed by atoms with Gasteiger partial charge in [-0.3, -0.25) is 10.1 Å². The number of nitro groups is 1. The van der Waals surface area contributed by atoms with Crippen LogP contribution in [0.5, 0.6) is 0 Å². The largest absolute Gasteiger partial charge is 0.325 e. The molecule has 88 valence electrons. The number of aromatic nitrogens is 2. The Morgan fingerprint density at radius 3 is 3.06 bits per heavy atom. The Kier molecular flexibility index (Phi) is 3.06. The van der Waals surface area contributed by atoms with Crippen LogP contribution in [0.15, 0.2) is 6.20 Å². The van der Waals surface area contributed by atoms with Crippen LogP contribution in [0, 0.1) is 10.1 Å². The van der Waals surface area contributed by atoms with Gasteiger partial charge in [0.05, 0.1) is 11.0 Å². The molecule has 2 rings (SSSR count). The molecule has 0 bridgehead atoms. The highest BCUT2D eigenvalue weighted by molar-refractivity contribution is 6.31. The van der Waals surface area contributed by atoms with Crippen LogP contribution in [-0.4, -0.2) is 34.0 Å². The predicted molar refractivity (Wildman–Crippen MR) is 55.3 cm³/mol. The van der Waals surface area contributed by atoms with Crippen molar-refractivity contribution in [1.29, 1.82) is 0 Å². The number of halogens is 2. The van der Waals surface area contributed by atoms with Crippen LogP contribution in [0.1, 0.15) is 12.5 Å². The van der Waals surface area contributed by atoms with Crippen LogP contribution in [0.2, 0.25) is 5.15 Å². The summed E-state index contributed by atoms with van der Waals surface area (Å²) in [5, 5.41) is 17.1. The van der Waals surface area contributed by atoms with E-state index in [1.807, 2.05) is 0 Å². The molecular weight excluding hydrogens is 239 g/mol. The third-order valence-corrected chi connectivity index (χ3v) is 2.97. The van der Waals surface area contributed by atoms with E-state index in [2.05, 4.69) is 10.4 Å². The number of piperidine rings is 1. The molecule has 0 aliphatic carbocycles. The SMILES string of the molecule is O=[N+]([O-])c1cnn(C2CCNCC2F)c1Cl. The standard InChI is InChI=1S/C8H10ClFN4O2/c9-8-7(14(15)16)4-12-13(8)6-1-2-11-3-5(6)10/h4-6,11H,1-3H2. The predicted octanol–water partition coefficient (Wildman–Crippen LogP) is 1.32. The highest BCUT2D eigenvalue weighted by Gasteiger charge is 2.31. The minimum absolute atomic E-state index is 0.112. The van der Waals surface area contributed by atoms with E-state index in [0.717, 1.165) is 6.20 Å². The van der Waals surface area contributed by atoms with Crippen LogP contribution in [-0.2, 0) is 0 Å². The van der Waals surface area contributed by atoms with Gasteiger partial charge in [-0.05, 0) is 13.0 Å². The maximum Gasteiger partial charge on any atom is 0.325 e. The van der Waals surface area contributed by atoms with Gasteiger partial charge >= 0.3 is 5.69 Å². The zero-order valence-electron chi connectivity index (χ0n) is 8.27. The van der Waals surface area contributed by atoms with E-state index in [1.54, 1.807) is 0 Å². The van der Waals surface area contributed by atoms with E-state index in [4.69, 9.17) is 11.6 Å². The van der Waals surface area contributed by atoms with Crippen molar-refractivity contribution >= 4 is 17.3 Å². The number of hydrogen-bond donors (Lipinski definition) is 1. The Bertz CT molecular complexity index is 411. The summed E-state index contributed by atoms with van der Waals surface area (Å²) in [5.41, 5.74) is -0.285. The lowest BCUT2D eigenvalue weighted by molar-refractivity contribution is -0.384. The molecule has 0 aromatic carbocycles. The molecule has 0 amide bonds. The van der Waals surface area contributed by atoms with Crippen molar-refractivity contribution in [2.45, 2.75) is 18.6 Å². The average molecular weight is 249 g/mol. The van der Waals surface area contributed by atoms with Crippen molar-refractivity contribution in [3.63, 3.8) is 0 Å². The van der Waals surface area contributed by atoms with Crippen molar-refractivity contribution < 1.29 is 9.31 Å². The van der Waals surface area contributed by atoms with E-state index < -0.39 is 17.1 Å². The smallest absolute Gasteiger partial charge is 0.314 e. The zero-order chi connectivity index (χ0) is 11.7. The summed E-state index contributed by atoms with van der Waals surface area (Å²) in [6, 6.07) is -0.526. The van der Waals surface area contributed by atoms with E-state index in [1.165, 1.54) is 4.68 Å². The fourth-order valence-electron chi connectivity index (χ4n) is 1.77. The van der Waals surface area contributed by atoms with Crippen LogP contribution in [0.25, 0.3) is 0 Å². The van der Waals surface area contributed by atoms with E-state index >= 15 is 0 Å². The molecule has 2 atom stereocenters. The van der Waals surface area contributed by atoms with E-state index in [9.17, 15) is 14.5 Å². The molecule has 0 saturated carbocycles. The quantitative estimate of drug-likeness (QED) is 0.633. The first kappa shape index (κ1) is 11.3. The first-order valence-corrected chi connectivity index (χ1v) is 5.21. The highest BCUT2D eigenvalue weighted by Crippen LogP contribution is 2.30. The molecule has 1 aromatic heterocycles. The summed E-state index contributed by atoms with van der Waals surface area (Å²) < 4.78 is 14.8. The maximum absolute atomic E-state index is 13.6. The maximum atomic E-state index is 13.6. The summed E-state index contributed by atoms with van der Waals surface area (Å²) in [4.78, 5) is 9.94. The normalized spacial score (nSPS) is 25.6. The lowest BCUT2D eigenvalue weighted by atomic mass is 10.1. The minimum Gasteiger partial charge on any atom is -0.314 e. The van der Waals surface area contributed by atoms with E-state index in [-0.39, 0.29) is 17.4 Å². The van der Waals surface area contributed by atoms with Gasteiger partial charge in [0.1, 0.15) is 12.4 Å². The first-order valence-electron chi connectivity index (χ1n) is 4.83. The van der Waals surface area contributed by atoms with Gasteiger partial charge in [-0.1, -0.05) is 11.6 Å². The minimum atomic E-state index is -1.13. The topological polar surface area (TPSA) is 73.0 Å². The molecule has 1 fully saturated rings. The van der Waals surface area contributed by atoms with Gasteiger partial charge in [0, 0.05) is 6.54 Å². The van der Waals surface area contributed by atoms with Crippen molar-refractivity contribution in [2.75, 3.05) is 13.1 Å². The molecule has 2 unspecified atom stereocenters. The number of alkyl halides is 1. The third kappa shape index (κ3) is 1.88. The van der Waals surface area contributed by atoms with Gasteiger partial charge < -0.3 is 5.32 Å². The molecule has 1 saturated heterocycles. The summed E-state index contributed by atoms with van der Waals surface area (Å²) in [6.45, 7) is 0.865. The summed E-state index contributed by atoms with van der Waals surface area (Å²) in [7, 11) is 0. The number of nitrogens with one attached hydrogen (secondary N) is 1. The second-order valence-electron chi connectivity index (χ2n) is 3.60. The Morgan fingerprint density at radius 1 is 1.75 bits per heavy atom. The number of rotatable bonds is 2. The molecule has 8 heteroatoms. The molecule has 0 spiro atoms. The Labute approximate surface area is 95.5 Å². The molecule has 2 heterocycles. The van der Waals surface area contributed by atoms with Crippen LogP contribution in [0.4, 0.5) is 10.1 Å². The second kappa shape index (κ2) is 4.34. The summed E-state index contributed by atoms with van der Waals surface area (Å²) in [5.74, 6) is 0. The third-order valence-electron chi connectivity index (χ3n) is 2.60. The van der Waals surface area contributed by atoms with Gasteiger partial charge in [-0.2, -0.15) is 5.10 Å². The first-order chi connectivity index (χ1) is 7.61. The van der Waals surface area contributed by atoms with Gasteiger partial charge in [-0.25, -0.2) is 9.07 Å². The summed E-state index contributed by atoms with van der Waals surface area (Å²) >= 11 is 5.79. The van der Waals surface area contributed by atoms with Crippen LogP contribution >= 0.6 is 11.6 Å². The van der Waals surface area contributed by atoms with Crippen molar-refractivity contribution in [3.05, 3.63) is 21.5 Å². The fraction of sp³-hybridized carbons (Fsp3) is 0.625. The van der Waals surface area contributed by atoms with Crippen LogP contribution < -0.4 is 5.32 Å². The van der Waals surface area contributed by atoms with Crippen molar-refractivity contribution in [2.24, 2.45) is 0 Å². The number of nitrogens with zero attached hydrogens (tertiary/aromatic N) is 3. The van der Waals surface area contributed by atoms with Gasteiger partial charge in [0.15, 0.2) is 0 Å². The summed E-state index contributed by atoms with van der Waals surface area (Å²) in [6.07, 6.45) is 0.433. The highest BCUT2D eigenvalue weighted by atomic mass is 35.5. The average Bonchev–Trinajstić information content (AvgIpc) is 2.61. The molecule has 0 radical (unpaired) electrons. The Hall–Kier alpha value is -1.21. The monoisotopic (exact) mass is 248 g/mol. The lowest BCUT2D eigenvalue weighted by Crippen LogP contribution is -2.39. The second-order valence-corrected chi connectivity index (χ2v) is 3.96. The van der Waals surface area contributed by atoms with Gasteiger partial charge in [0.25, 0.3) is 0 Å². The molecule has 16 heavy (non-hydrogen) atoms. The lowest BCUT2D eigenvalue weighted by Gasteiger charge is -2.26. The van der Waals surface area contributed by atoms with Crippen molar-refractivity contribution in [1.82, 2.24) is 15.1 Å². The molecule has 1 N–H and O–H groups in total. The van der Waals surface area contributed by atoms with Gasteiger partial charge in [-0.15, -0.1) is 0 Å². The zero-order valence-corrected chi connectivity index (χ0v) is 9.02. The van der Waals surface area contributed by atoms with Gasteiger partial charge in [0.2, 0.25) is 5.15 Å². The van der Waals surface area contributed by atoms with Crippen molar-refractivity contribution in [3.8, 4) is 0 Å². The number of hydrogen-bond acceptors (Lipinski definition) is 4. The molecule has 1 aromatic rings. The molecule has 1 aliphatic heterocycles. The Morgan fingerprint density at radius 2 is 2.50 bits per heavy atom. The molecular formula is C8H10ClFN4O2. The van der Waals surface area contributed by atoms with Crippen LogP contribution in [0.3, 0.4) is 0 Å². The fourth-order valence-corrected chi connectivity index (χ4v) is 2.06.